The van der Waals surface area contributed by atoms with Crippen molar-refractivity contribution in [3.8, 4) is 6.07 Å². The predicted octanol–water partition coefficient (Wildman–Crippen LogP) is 4.40. The first-order valence-corrected chi connectivity index (χ1v) is 10.3. The Morgan fingerprint density at radius 1 is 1.03 bits per heavy atom. The number of amides is 1. The summed E-state index contributed by atoms with van der Waals surface area (Å²) in [5, 5.41) is 12.1. The van der Waals surface area contributed by atoms with Crippen LogP contribution in [0.25, 0.3) is 0 Å². The number of rotatable bonds is 5. The lowest BCUT2D eigenvalue weighted by molar-refractivity contribution is -0.120. The fourth-order valence-electron chi connectivity index (χ4n) is 3.86. The van der Waals surface area contributed by atoms with E-state index in [2.05, 4.69) is 39.5 Å². The summed E-state index contributed by atoms with van der Waals surface area (Å²) in [5.41, 5.74) is 3.79. The number of piperidine rings is 1. The summed E-state index contributed by atoms with van der Waals surface area (Å²) in [6.45, 7) is 1.56. The van der Waals surface area contributed by atoms with Gasteiger partial charge in [-0.2, -0.15) is 5.26 Å². The Bertz CT molecular complexity index is 1030. The minimum Gasteiger partial charge on any atom is -0.357 e. The molecule has 2 aromatic carbocycles. The summed E-state index contributed by atoms with van der Waals surface area (Å²) >= 11 is 0. The second kappa shape index (κ2) is 9.23. The number of carbonyl (C=O) groups excluding carboxylic acids is 1. The average molecular weight is 396 g/mol. The van der Waals surface area contributed by atoms with Crippen LogP contribution in [-0.2, 0) is 11.2 Å². The zero-order valence-electron chi connectivity index (χ0n) is 16.8. The molecule has 1 N–H and O–H groups in total. The molecule has 0 unspecified atom stereocenters. The van der Waals surface area contributed by atoms with Gasteiger partial charge in [0.2, 0.25) is 5.91 Å². The highest BCUT2D eigenvalue weighted by molar-refractivity contribution is 5.93. The Morgan fingerprint density at radius 3 is 2.47 bits per heavy atom. The van der Waals surface area contributed by atoms with E-state index in [1.54, 1.807) is 12.3 Å². The molecule has 0 bridgehead atoms. The Kier molecular flexibility index (Phi) is 6.05. The van der Waals surface area contributed by atoms with E-state index in [4.69, 9.17) is 5.26 Å². The van der Waals surface area contributed by atoms with Crippen LogP contribution in [0.1, 0.15) is 29.5 Å². The first-order valence-electron chi connectivity index (χ1n) is 10.3. The van der Waals surface area contributed by atoms with Gasteiger partial charge in [0.15, 0.2) is 0 Å². The van der Waals surface area contributed by atoms with Gasteiger partial charge in [0.05, 0.1) is 5.56 Å². The Balaban J connectivity index is 1.37. The topological polar surface area (TPSA) is 69.0 Å². The van der Waals surface area contributed by atoms with Crippen molar-refractivity contribution < 1.29 is 4.79 Å². The van der Waals surface area contributed by atoms with Crippen molar-refractivity contribution in [2.24, 2.45) is 5.92 Å². The molecule has 5 nitrogen and oxygen atoms in total. The van der Waals surface area contributed by atoms with Crippen LogP contribution >= 0.6 is 0 Å². The van der Waals surface area contributed by atoms with Crippen molar-refractivity contribution in [3.05, 3.63) is 89.6 Å². The van der Waals surface area contributed by atoms with Crippen molar-refractivity contribution in [1.29, 1.82) is 5.26 Å². The van der Waals surface area contributed by atoms with Crippen LogP contribution in [0.2, 0.25) is 0 Å². The summed E-state index contributed by atoms with van der Waals surface area (Å²) in [4.78, 5) is 19.5. The van der Waals surface area contributed by atoms with Gasteiger partial charge >= 0.3 is 0 Å². The molecule has 1 aromatic heterocycles. The van der Waals surface area contributed by atoms with E-state index < -0.39 is 0 Å². The van der Waals surface area contributed by atoms with Crippen LogP contribution in [0, 0.1) is 17.2 Å². The molecular weight excluding hydrogens is 372 g/mol. The smallest absolute Gasteiger partial charge is 0.227 e. The van der Waals surface area contributed by atoms with Crippen molar-refractivity contribution in [1.82, 2.24) is 4.98 Å². The first kappa shape index (κ1) is 19.7. The van der Waals surface area contributed by atoms with E-state index in [1.807, 2.05) is 42.5 Å². The first-order chi connectivity index (χ1) is 14.7. The van der Waals surface area contributed by atoms with Crippen molar-refractivity contribution in [2.75, 3.05) is 23.3 Å². The van der Waals surface area contributed by atoms with E-state index in [-0.39, 0.29) is 11.8 Å². The molecule has 0 saturated carbocycles. The molecule has 2 heterocycles. The van der Waals surface area contributed by atoms with E-state index in [0.29, 0.717) is 5.56 Å². The fraction of sp³-hybridized carbons (Fsp3) is 0.240. The molecule has 4 rings (SSSR count). The van der Waals surface area contributed by atoms with E-state index in [1.165, 1.54) is 5.56 Å². The number of hydrogen-bond acceptors (Lipinski definition) is 4. The lowest BCUT2D eigenvalue weighted by atomic mass is 9.95. The van der Waals surface area contributed by atoms with Gasteiger partial charge in [0.25, 0.3) is 0 Å². The molecule has 150 valence electrons. The molecule has 5 heteroatoms. The van der Waals surface area contributed by atoms with Crippen molar-refractivity contribution in [2.45, 2.75) is 19.3 Å². The summed E-state index contributed by atoms with van der Waals surface area (Å²) < 4.78 is 0. The average Bonchev–Trinajstić information content (AvgIpc) is 2.81. The van der Waals surface area contributed by atoms with Crippen LogP contribution in [-0.4, -0.2) is 24.0 Å². The van der Waals surface area contributed by atoms with Gasteiger partial charge in [-0.1, -0.05) is 48.5 Å². The molecule has 0 atom stereocenters. The SMILES string of the molecule is N#Cc1ccc(N2CCC(C(=O)Nc3ccccc3Cc3ccccc3)CC2)nc1. The number of anilines is 2. The van der Waals surface area contributed by atoms with Crippen LogP contribution in [0.4, 0.5) is 11.5 Å². The van der Waals surface area contributed by atoms with Gasteiger partial charge in [0.1, 0.15) is 11.9 Å². The number of aromatic nitrogens is 1. The Morgan fingerprint density at radius 2 is 1.77 bits per heavy atom. The minimum absolute atomic E-state index is 0.00980. The van der Waals surface area contributed by atoms with E-state index in [9.17, 15) is 4.79 Å². The number of pyridine rings is 1. The summed E-state index contributed by atoms with van der Waals surface area (Å²) in [7, 11) is 0. The molecule has 0 spiro atoms. The number of nitrogens with zero attached hydrogens (tertiary/aromatic N) is 3. The Labute approximate surface area is 177 Å². The molecule has 1 aliphatic rings. The molecular formula is C25H24N4O. The molecule has 1 saturated heterocycles. The fourth-order valence-corrected chi connectivity index (χ4v) is 3.86. The Hall–Kier alpha value is -3.65. The second-order valence-electron chi connectivity index (χ2n) is 7.59. The highest BCUT2D eigenvalue weighted by atomic mass is 16.1. The zero-order chi connectivity index (χ0) is 20.8. The molecule has 1 amide bonds. The largest absolute Gasteiger partial charge is 0.357 e. The molecule has 1 aliphatic heterocycles. The highest BCUT2D eigenvalue weighted by Crippen LogP contribution is 2.25. The quantitative estimate of drug-likeness (QED) is 0.694. The number of benzene rings is 2. The van der Waals surface area contributed by atoms with Gasteiger partial charge in [-0.15, -0.1) is 0 Å². The van der Waals surface area contributed by atoms with E-state index in [0.717, 1.165) is 49.4 Å². The minimum atomic E-state index is -0.00980. The van der Waals surface area contributed by atoms with Gasteiger partial charge in [-0.3, -0.25) is 4.79 Å². The second-order valence-corrected chi connectivity index (χ2v) is 7.59. The molecule has 1 fully saturated rings. The molecule has 3 aromatic rings. The highest BCUT2D eigenvalue weighted by Gasteiger charge is 2.26. The van der Waals surface area contributed by atoms with Crippen LogP contribution in [0.3, 0.4) is 0 Å². The van der Waals surface area contributed by atoms with Crippen LogP contribution in [0.15, 0.2) is 72.9 Å². The monoisotopic (exact) mass is 396 g/mol. The maximum absolute atomic E-state index is 12.9. The van der Waals surface area contributed by atoms with Crippen molar-refractivity contribution >= 4 is 17.4 Å². The number of para-hydroxylation sites is 1. The maximum atomic E-state index is 12.9. The predicted molar refractivity (Wildman–Crippen MR) is 118 cm³/mol. The number of carbonyl (C=O) groups is 1. The van der Waals surface area contributed by atoms with Gasteiger partial charge in [-0.05, 0) is 48.6 Å². The molecule has 0 radical (unpaired) electrons. The van der Waals surface area contributed by atoms with Crippen molar-refractivity contribution in [3.63, 3.8) is 0 Å². The van der Waals surface area contributed by atoms with Gasteiger partial charge in [0, 0.05) is 30.9 Å². The summed E-state index contributed by atoms with van der Waals surface area (Å²) in [6, 6.07) is 24.1. The number of hydrogen-bond donors (Lipinski definition) is 1. The third kappa shape index (κ3) is 4.66. The normalized spacial score (nSPS) is 14.2. The van der Waals surface area contributed by atoms with Crippen LogP contribution < -0.4 is 10.2 Å². The summed E-state index contributed by atoms with van der Waals surface area (Å²) in [6.07, 6.45) is 3.96. The van der Waals surface area contributed by atoms with Crippen LogP contribution in [0.5, 0.6) is 0 Å². The molecule has 0 aliphatic carbocycles. The van der Waals surface area contributed by atoms with Gasteiger partial charge < -0.3 is 10.2 Å². The van der Waals surface area contributed by atoms with E-state index >= 15 is 0 Å². The lowest BCUT2D eigenvalue weighted by Gasteiger charge is -2.32. The zero-order valence-corrected chi connectivity index (χ0v) is 16.8. The number of nitrogens with one attached hydrogen (secondary N) is 1. The standard InChI is InChI=1S/C25H24N4O/c26-17-20-10-11-24(27-18-20)29-14-12-21(13-15-29)25(30)28-23-9-5-4-8-22(23)16-19-6-2-1-3-7-19/h1-11,18,21H,12-16H2,(H,28,30). The maximum Gasteiger partial charge on any atom is 0.227 e. The third-order valence-electron chi connectivity index (χ3n) is 5.58. The lowest BCUT2D eigenvalue weighted by Crippen LogP contribution is -2.38. The third-order valence-corrected chi connectivity index (χ3v) is 5.58. The molecule has 30 heavy (non-hydrogen) atoms. The summed E-state index contributed by atoms with van der Waals surface area (Å²) in [5.74, 6) is 0.938. The van der Waals surface area contributed by atoms with Gasteiger partial charge in [-0.25, -0.2) is 4.98 Å². The number of nitriles is 1.